The van der Waals surface area contributed by atoms with Crippen molar-refractivity contribution in [3.05, 3.63) is 29.6 Å². The Hall–Kier alpha value is -2.11. The topological polar surface area (TPSA) is 98.2 Å². The number of carbonyl (C=O) groups is 2. The molecule has 0 saturated heterocycles. The minimum atomic E-state index is -0.673. The highest BCUT2D eigenvalue weighted by molar-refractivity contribution is 5.96. The minimum Gasteiger partial charge on any atom is -0.399 e. The van der Waals surface area contributed by atoms with Crippen molar-refractivity contribution in [1.29, 1.82) is 0 Å². The SMILES string of the molecule is NC(=O)CNC(=O)c1cc(N)cc(F)c1. The van der Waals surface area contributed by atoms with E-state index < -0.39 is 17.6 Å². The fourth-order valence-electron chi connectivity index (χ4n) is 1.01. The first-order chi connectivity index (χ1) is 6.99. The highest BCUT2D eigenvalue weighted by Gasteiger charge is 2.08. The zero-order valence-corrected chi connectivity index (χ0v) is 7.79. The molecule has 0 spiro atoms. The van der Waals surface area contributed by atoms with Gasteiger partial charge in [0.15, 0.2) is 0 Å². The van der Waals surface area contributed by atoms with E-state index in [0.717, 1.165) is 12.1 Å². The summed E-state index contributed by atoms with van der Waals surface area (Å²) < 4.78 is 12.8. The Morgan fingerprint density at radius 2 is 2.00 bits per heavy atom. The second-order valence-corrected chi connectivity index (χ2v) is 2.92. The summed E-state index contributed by atoms with van der Waals surface area (Å²) in [6.45, 7) is -0.296. The number of nitrogens with one attached hydrogen (secondary N) is 1. The molecule has 0 aliphatic rings. The third-order valence-electron chi connectivity index (χ3n) is 1.61. The van der Waals surface area contributed by atoms with Crippen molar-refractivity contribution in [2.45, 2.75) is 0 Å². The van der Waals surface area contributed by atoms with Crippen LogP contribution in [0, 0.1) is 5.82 Å². The number of halogens is 1. The maximum atomic E-state index is 12.8. The van der Waals surface area contributed by atoms with Gasteiger partial charge in [-0.05, 0) is 18.2 Å². The van der Waals surface area contributed by atoms with E-state index in [2.05, 4.69) is 5.32 Å². The van der Waals surface area contributed by atoms with Gasteiger partial charge in [0, 0.05) is 11.3 Å². The molecule has 0 saturated carbocycles. The van der Waals surface area contributed by atoms with Crippen LogP contribution in [0.4, 0.5) is 10.1 Å². The molecule has 5 nitrogen and oxygen atoms in total. The van der Waals surface area contributed by atoms with Gasteiger partial charge in [0.05, 0.1) is 6.54 Å². The summed E-state index contributed by atoms with van der Waals surface area (Å²) in [4.78, 5) is 21.7. The Balaban J connectivity index is 2.77. The van der Waals surface area contributed by atoms with Crippen molar-refractivity contribution in [2.24, 2.45) is 5.73 Å². The van der Waals surface area contributed by atoms with Crippen LogP contribution < -0.4 is 16.8 Å². The number of carbonyl (C=O) groups excluding carboxylic acids is 2. The van der Waals surface area contributed by atoms with Gasteiger partial charge in [0.25, 0.3) is 5.91 Å². The van der Waals surface area contributed by atoms with Gasteiger partial charge in [0.2, 0.25) is 5.91 Å². The van der Waals surface area contributed by atoms with Crippen LogP contribution in [0.3, 0.4) is 0 Å². The van der Waals surface area contributed by atoms with Crippen LogP contribution in [0.25, 0.3) is 0 Å². The molecule has 1 aromatic carbocycles. The molecule has 1 aromatic rings. The summed E-state index contributed by atoms with van der Waals surface area (Å²) in [5, 5.41) is 2.22. The van der Waals surface area contributed by atoms with E-state index in [4.69, 9.17) is 11.5 Å². The molecule has 0 atom stereocenters. The number of rotatable bonds is 3. The van der Waals surface area contributed by atoms with E-state index in [1.165, 1.54) is 6.07 Å². The smallest absolute Gasteiger partial charge is 0.251 e. The lowest BCUT2D eigenvalue weighted by Crippen LogP contribution is -2.33. The average Bonchev–Trinajstić information content (AvgIpc) is 2.12. The number of nitrogens with two attached hydrogens (primary N) is 2. The molecule has 2 amide bonds. The predicted molar refractivity (Wildman–Crippen MR) is 52.3 cm³/mol. The van der Waals surface area contributed by atoms with Gasteiger partial charge in [-0.1, -0.05) is 0 Å². The van der Waals surface area contributed by atoms with Crippen molar-refractivity contribution in [2.75, 3.05) is 12.3 Å². The minimum absolute atomic E-state index is 0.0498. The van der Waals surface area contributed by atoms with Gasteiger partial charge < -0.3 is 16.8 Å². The number of nitrogen functional groups attached to an aromatic ring is 1. The number of anilines is 1. The van der Waals surface area contributed by atoms with E-state index in [0.29, 0.717) is 0 Å². The number of primary amides is 1. The van der Waals surface area contributed by atoms with Crippen LogP contribution in [-0.4, -0.2) is 18.4 Å². The first-order valence-electron chi connectivity index (χ1n) is 4.11. The number of hydrogen-bond donors (Lipinski definition) is 3. The van der Waals surface area contributed by atoms with Crippen LogP contribution in [-0.2, 0) is 4.79 Å². The number of benzene rings is 1. The van der Waals surface area contributed by atoms with Crippen LogP contribution in [0.5, 0.6) is 0 Å². The van der Waals surface area contributed by atoms with E-state index in [-0.39, 0.29) is 17.8 Å². The second kappa shape index (κ2) is 4.41. The molecule has 0 fully saturated rings. The first-order valence-corrected chi connectivity index (χ1v) is 4.11. The molecule has 5 N–H and O–H groups in total. The molecule has 0 unspecified atom stereocenters. The maximum Gasteiger partial charge on any atom is 0.251 e. The molecule has 6 heteroatoms. The lowest BCUT2D eigenvalue weighted by atomic mass is 10.2. The molecular formula is C9H10FN3O2. The Kier molecular flexibility index (Phi) is 3.22. The van der Waals surface area contributed by atoms with Gasteiger partial charge in [-0.25, -0.2) is 4.39 Å². The molecule has 0 aliphatic carbocycles. The Bertz CT molecular complexity index is 386. The van der Waals surface area contributed by atoms with Gasteiger partial charge in [-0.3, -0.25) is 9.59 Å². The maximum absolute atomic E-state index is 12.8. The third-order valence-corrected chi connectivity index (χ3v) is 1.61. The van der Waals surface area contributed by atoms with Gasteiger partial charge >= 0.3 is 0 Å². The van der Waals surface area contributed by atoms with Crippen LogP contribution in [0.1, 0.15) is 10.4 Å². The monoisotopic (exact) mass is 211 g/mol. The normalized spacial score (nSPS) is 9.67. The molecule has 80 valence electrons. The molecule has 0 bridgehead atoms. The van der Waals surface area contributed by atoms with Crippen LogP contribution in [0.15, 0.2) is 18.2 Å². The predicted octanol–water partition coefficient (Wildman–Crippen LogP) is -0.377. The first kappa shape index (κ1) is 11.0. The summed E-state index contributed by atoms with van der Waals surface area (Å²) in [5.41, 5.74) is 10.4. The van der Waals surface area contributed by atoms with E-state index in [9.17, 15) is 14.0 Å². The molecule has 15 heavy (non-hydrogen) atoms. The van der Waals surface area contributed by atoms with Crippen molar-refractivity contribution < 1.29 is 14.0 Å². The van der Waals surface area contributed by atoms with E-state index in [1.54, 1.807) is 0 Å². The fraction of sp³-hybridized carbons (Fsp3) is 0.111. The summed E-state index contributed by atoms with van der Waals surface area (Å²) in [6, 6.07) is 3.41. The van der Waals surface area contributed by atoms with E-state index >= 15 is 0 Å². The van der Waals surface area contributed by atoms with E-state index in [1.807, 2.05) is 0 Å². The van der Waals surface area contributed by atoms with Gasteiger partial charge in [0.1, 0.15) is 5.82 Å². The highest BCUT2D eigenvalue weighted by atomic mass is 19.1. The summed E-state index contributed by atoms with van der Waals surface area (Å²) in [7, 11) is 0. The lowest BCUT2D eigenvalue weighted by molar-refractivity contribution is -0.117. The summed E-state index contributed by atoms with van der Waals surface area (Å²) in [6.07, 6.45) is 0. The van der Waals surface area contributed by atoms with Crippen LogP contribution in [0.2, 0.25) is 0 Å². The third kappa shape index (κ3) is 3.26. The number of amides is 2. The van der Waals surface area contributed by atoms with Crippen molar-refractivity contribution in [3.8, 4) is 0 Å². The lowest BCUT2D eigenvalue weighted by Gasteiger charge is -2.03. The standard InChI is InChI=1S/C9H10FN3O2/c10-6-1-5(2-7(11)3-6)9(15)13-4-8(12)14/h1-3H,4,11H2,(H2,12,14)(H,13,15). The number of hydrogen-bond acceptors (Lipinski definition) is 3. The Morgan fingerprint density at radius 3 is 2.53 bits per heavy atom. The summed E-state index contributed by atoms with van der Waals surface area (Å²) in [5.74, 6) is -1.88. The molecule has 1 rings (SSSR count). The highest BCUT2D eigenvalue weighted by Crippen LogP contribution is 2.10. The molecule has 0 heterocycles. The zero-order chi connectivity index (χ0) is 11.4. The molecule has 0 radical (unpaired) electrons. The van der Waals surface area contributed by atoms with Crippen LogP contribution >= 0.6 is 0 Å². The molecule has 0 aromatic heterocycles. The second-order valence-electron chi connectivity index (χ2n) is 2.92. The van der Waals surface area contributed by atoms with Gasteiger partial charge in [-0.15, -0.1) is 0 Å². The van der Waals surface area contributed by atoms with Crippen molar-refractivity contribution in [3.63, 3.8) is 0 Å². The van der Waals surface area contributed by atoms with Crippen molar-refractivity contribution >= 4 is 17.5 Å². The Morgan fingerprint density at radius 1 is 1.33 bits per heavy atom. The fourth-order valence-corrected chi connectivity index (χ4v) is 1.01. The molecular weight excluding hydrogens is 201 g/mol. The summed E-state index contributed by atoms with van der Waals surface area (Å²) >= 11 is 0. The largest absolute Gasteiger partial charge is 0.399 e. The van der Waals surface area contributed by atoms with Crippen molar-refractivity contribution in [1.82, 2.24) is 5.32 Å². The average molecular weight is 211 g/mol. The molecule has 0 aliphatic heterocycles. The quantitative estimate of drug-likeness (QED) is 0.594. The Labute approximate surface area is 85.2 Å². The van der Waals surface area contributed by atoms with Gasteiger partial charge in [-0.2, -0.15) is 0 Å². The zero-order valence-electron chi connectivity index (χ0n) is 7.79.